The fourth-order valence-corrected chi connectivity index (χ4v) is 2.09. The van der Waals surface area contributed by atoms with Crippen molar-refractivity contribution >= 4 is 12.0 Å². The first-order valence-electron chi connectivity index (χ1n) is 6.44. The van der Waals surface area contributed by atoms with Crippen molar-refractivity contribution in [2.24, 2.45) is 0 Å². The number of methoxy groups -OCH3 is 1. The summed E-state index contributed by atoms with van der Waals surface area (Å²) >= 11 is 0. The van der Waals surface area contributed by atoms with E-state index in [1.807, 2.05) is 42.5 Å². The van der Waals surface area contributed by atoms with Crippen molar-refractivity contribution in [2.45, 2.75) is 18.6 Å². The Hall–Kier alpha value is -1.65. The number of hydrogen-bond acceptors (Lipinski definition) is 4. The second-order valence-electron chi connectivity index (χ2n) is 4.49. The zero-order valence-corrected chi connectivity index (χ0v) is 11.0. The van der Waals surface area contributed by atoms with Gasteiger partial charge in [0.2, 0.25) is 0 Å². The van der Waals surface area contributed by atoms with E-state index in [-0.39, 0.29) is 18.1 Å². The zero-order chi connectivity index (χ0) is 13.5. The van der Waals surface area contributed by atoms with Gasteiger partial charge in [-0.1, -0.05) is 42.5 Å². The maximum atomic E-state index is 11.3. The number of hydrogen-bond donors (Lipinski definition) is 1. The SMILES string of the molecule is COC(=O)C1CC(OCC=Cc2ccccc2)CN1. The smallest absolute Gasteiger partial charge is 0.322 e. The molecule has 0 amide bonds. The van der Waals surface area contributed by atoms with Gasteiger partial charge in [-0.3, -0.25) is 4.79 Å². The highest BCUT2D eigenvalue weighted by atomic mass is 16.5. The van der Waals surface area contributed by atoms with Gasteiger partial charge in [-0.15, -0.1) is 0 Å². The van der Waals surface area contributed by atoms with E-state index < -0.39 is 0 Å². The number of nitrogens with one attached hydrogen (secondary N) is 1. The number of ether oxygens (including phenoxy) is 2. The number of rotatable bonds is 5. The molecule has 0 aromatic heterocycles. The lowest BCUT2D eigenvalue weighted by Crippen LogP contribution is -2.31. The van der Waals surface area contributed by atoms with Crippen LogP contribution >= 0.6 is 0 Å². The lowest BCUT2D eigenvalue weighted by molar-refractivity contribution is -0.142. The standard InChI is InChI=1S/C15H19NO3/c1-18-15(17)14-10-13(11-16-14)19-9-5-8-12-6-3-2-4-7-12/h2-8,13-14,16H,9-11H2,1H3. The molecule has 1 fully saturated rings. The van der Waals surface area contributed by atoms with Crippen molar-refractivity contribution in [1.29, 1.82) is 0 Å². The molecule has 0 spiro atoms. The molecule has 0 aliphatic carbocycles. The van der Waals surface area contributed by atoms with E-state index in [9.17, 15) is 4.79 Å². The highest BCUT2D eigenvalue weighted by Crippen LogP contribution is 2.11. The van der Waals surface area contributed by atoms with Gasteiger partial charge in [-0.2, -0.15) is 0 Å². The molecular formula is C15H19NO3. The molecule has 1 aromatic carbocycles. The molecule has 1 N–H and O–H groups in total. The van der Waals surface area contributed by atoms with E-state index in [0.29, 0.717) is 19.6 Å². The Balaban J connectivity index is 1.70. The van der Waals surface area contributed by atoms with Gasteiger partial charge in [-0.25, -0.2) is 0 Å². The summed E-state index contributed by atoms with van der Waals surface area (Å²) < 4.78 is 10.4. The van der Waals surface area contributed by atoms with Gasteiger partial charge in [0.15, 0.2) is 0 Å². The predicted octanol–water partition coefficient (Wildman–Crippen LogP) is 1.62. The highest BCUT2D eigenvalue weighted by molar-refractivity contribution is 5.76. The highest BCUT2D eigenvalue weighted by Gasteiger charge is 2.30. The maximum Gasteiger partial charge on any atom is 0.322 e. The van der Waals surface area contributed by atoms with Gasteiger partial charge in [-0.05, 0) is 5.56 Å². The normalized spacial score (nSPS) is 22.8. The molecule has 1 heterocycles. The van der Waals surface area contributed by atoms with E-state index in [2.05, 4.69) is 5.32 Å². The Morgan fingerprint density at radius 1 is 1.42 bits per heavy atom. The monoisotopic (exact) mass is 261 g/mol. The Labute approximate surface area is 113 Å². The summed E-state index contributed by atoms with van der Waals surface area (Å²) in [7, 11) is 1.40. The summed E-state index contributed by atoms with van der Waals surface area (Å²) in [6.07, 6.45) is 4.76. The third-order valence-electron chi connectivity index (χ3n) is 3.11. The van der Waals surface area contributed by atoms with Crippen molar-refractivity contribution < 1.29 is 14.3 Å². The summed E-state index contributed by atoms with van der Waals surface area (Å²) in [5.41, 5.74) is 1.16. The van der Waals surface area contributed by atoms with Crippen LogP contribution in [0.3, 0.4) is 0 Å². The Morgan fingerprint density at radius 3 is 2.95 bits per heavy atom. The molecule has 102 valence electrons. The molecule has 4 nitrogen and oxygen atoms in total. The van der Waals surface area contributed by atoms with E-state index in [1.165, 1.54) is 7.11 Å². The first kappa shape index (κ1) is 13.8. The summed E-state index contributed by atoms with van der Waals surface area (Å²) in [5, 5.41) is 3.09. The van der Waals surface area contributed by atoms with Crippen LogP contribution in [0.1, 0.15) is 12.0 Å². The average molecular weight is 261 g/mol. The summed E-state index contributed by atoms with van der Waals surface area (Å²) in [6, 6.07) is 9.85. The Bertz CT molecular complexity index is 430. The average Bonchev–Trinajstić information content (AvgIpc) is 2.93. The maximum absolute atomic E-state index is 11.3. The molecule has 2 atom stereocenters. The predicted molar refractivity (Wildman–Crippen MR) is 73.6 cm³/mol. The molecule has 1 aromatic rings. The van der Waals surface area contributed by atoms with E-state index in [4.69, 9.17) is 9.47 Å². The Kier molecular flexibility index (Phi) is 5.12. The van der Waals surface area contributed by atoms with Gasteiger partial charge in [0, 0.05) is 13.0 Å². The van der Waals surface area contributed by atoms with Crippen molar-refractivity contribution in [1.82, 2.24) is 5.32 Å². The number of carbonyl (C=O) groups excluding carboxylic acids is 1. The van der Waals surface area contributed by atoms with Gasteiger partial charge >= 0.3 is 5.97 Å². The van der Waals surface area contributed by atoms with Crippen molar-refractivity contribution in [3.63, 3.8) is 0 Å². The summed E-state index contributed by atoms with van der Waals surface area (Å²) in [6.45, 7) is 1.24. The largest absolute Gasteiger partial charge is 0.468 e. The van der Waals surface area contributed by atoms with Crippen LogP contribution in [0.25, 0.3) is 6.08 Å². The van der Waals surface area contributed by atoms with Crippen LogP contribution in [0.2, 0.25) is 0 Å². The van der Waals surface area contributed by atoms with Crippen LogP contribution in [-0.2, 0) is 14.3 Å². The fourth-order valence-electron chi connectivity index (χ4n) is 2.09. The van der Waals surface area contributed by atoms with Gasteiger partial charge < -0.3 is 14.8 Å². The summed E-state index contributed by atoms with van der Waals surface area (Å²) in [4.78, 5) is 11.3. The Morgan fingerprint density at radius 2 is 2.21 bits per heavy atom. The van der Waals surface area contributed by atoms with Gasteiger partial charge in [0.05, 0.1) is 19.8 Å². The van der Waals surface area contributed by atoms with E-state index >= 15 is 0 Å². The number of esters is 1. The van der Waals surface area contributed by atoms with Crippen molar-refractivity contribution in [3.05, 3.63) is 42.0 Å². The third-order valence-corrected chi connectivity index (χ3v) is 3.11. The first-order valence-corrected chi connectivity index (χ1v) is 6.44. The molecule has 1 saturated heterocycles. The molecule has 0 saturated carbocycles. The molecule has 4 heteroatoms. The fraction of sp³-hybridized carbons (Fsp3) is 0.400. The molecular weight excluding hydrogens is 242 g/mol. The lowest BCUT2D eigenvalue weighted by Gasteiger charge is -2.08. The van der Waals surface area contributed by atoms with Crippen LogP contribution in [0.4, 0.5) is 0 Å². The van der Waals surface area contributed by atoms with Gasteiger partial charge in [0.25, 0.3) is 0 Å². The van der Waals surface area contributed by atoms with Crippen LogP contribution in [0, 0.1) is 0 Å². The third kappa shape index (κ3) is 4.19. The van der Waals surface area contributed by atoms with E-state index in [1.54, 1.807) is 0 Å². The van der Waals surface area contributed by atoms with Gasteiger partial charge in [0.1, 0.15) is 6.04 Å². The second-order valence-corrected chi connectivity index (χ2v) is 4.49. The molecule has 1 aliphatic heterocycles. The van der Waals surface area contributed by atoms with Crippen molar-refractivity contribution in [3.8, 4) is 0 Å². The van der Waals surface area contributed by atoms with Crippen LogP contribution in [0.15, 0.2) is 36.4 Å². The molecule has 0 radical (unpaired) electrons. The minimum atomic E-state index is -0.229. The zero-order valence-electron chi connectivity index (χ0n) is 11.0. The molecule has 0 bridgehead atoms. The molecule has 2 unspecified atom stereocenters. The summed E-state index contributed by atoms with van der Waals surface area (Å²) in [5.74, 6) is -0.217. The van der Waals surface area contributed by atoms with Crippen LogP contribution in [-0.4, -0.2) is 38.4 Å². The van der Waals surface area contributed by atoms with Crippen LogP contribution in [0.5, 0.6) is 0 Å². The minimum absolute atomic E-state index is 0.0736. The first-order chi connectivity index (χ1) is 9.29. The second kappa shape index (κ2) is 7.07. The van der Waals surface area contributed by atoms with Crippen LogP contribution < -0.4 is 5.32 Å². The number of benzene rings is 1. The van der Waals surface area contributed by atoms with Crippen molar-refractivity contribution in [2.75, 3.05) is 20.3 Å². The van der Waals surface area contributed by atoms with E-state index in [0.717, 1.165) is 5.56 Å². The quantitative estimate of drug-likeness (QED) is 0.818. The topological polar surface area (TPSA) is 47.6 Å². The minimum Gasteiger partial charge on any atom is -0.468 e. The number of carbonyl (C=O) groups is 1. The lowest BCUT2D eigenvalue weighted by atomic mass is 10.2. The molecule has 19 heavy (non-hydrogen) atoms. The molecule has 2 rings (SSSR count). The molecule has 1 aliphatic rings.